The zero-order valence-electron chi connectivity index (χ0n) is 20.8. The maximum atomic E-state index is 13.2. The van der Waals surface area contributed by atoms with Crippen molar-refractivity contribution in [3.63, 3.8) is 0 Å². The third kappa shape index (κ3) is 6.63. The second-order valence-electron chi connectivity index (χ2n) is 9.41. The van der Waals surface area contributed by atoms with Gasteiger partial charge < -0.3 is 19.1 Å². The van der Waals surface area contributed by atoms with Gasteiger partial charge in [0.25, 0.3) is 0 Å². The molecule has 0 aliphatic carbocycles. The molecule has 1 fully saturated rings. The molecule has 4 rings (SSSR count). The first-order valence-electron chi connectivity index (χ1n) is 12.3. The van der Waals surface area contributed by atoms with Crippen molar-refractivity contribution < 1.29 is 14.0 Å². The van der Waals surface area contributed by atoms with E-state index in [1.54, 1.807) is 17.2 Å². The number of aromatic nitrogens is 2. The minimum absolute atomic E-state index is 0.0403. The van der Waals surface area contributed by atoms with E-state index in [-0.39, 0.29) is 30.8 Å². The summed E-state index contributed by atoms with van der Waals surface area (Å²) >= 11 is 6.29. The molecule has 1 aliphatic rings. The van der Waals surface area contributed by atoms with Crippen molar-refractivity contribution in [3.05, 3.63) is 65.6 Å². The minimum Gasteiger partial charge on any atom is -0.467 e. The monoisotopic (exact) mass is 509 g/mol. The van der Waals surface area contributed by atoms with Crippen molar-refractivity contribution in [2.75, 3.05) is 37.6 Å². The number of furan rings is 1. The van der Waals surface area contributed by atoms with E-state index in [1.807, 2.05) is 61.2 Å². The third-order valence-electron chi connectivity index (χ3n) is 6.16. The predicted octanol–water partition coefficient (Wildman–Crippen LogP) is 4.50. The number of halogens is 1. The zero-order chi connectivity index (χ0) is 25.5. The molecular formula is C27H32ClN5O3. The Bertz CT molecular complexity index is 1150. The number of benzene rings is 1. The number of carbonyl (C=O) groups is 2. The molecule has 8 nitrogen and oxygen atoms in total. The van der Waals surface area contributed by atoms with Gasteiger partial charge in [-0.1, -0.05) is 43.6 Å². The Labute approximate surface area is 216 Å². The van der Waals surface area contributed by atoms with Crippen LogP contribution >= 0.6 is 11.6 Å². The van der Waals surface area contributed by atoms with Gasteiger partial charge in [0.05, 0.1) is 23.5 Å². The molecule has 3 heterocycles. The number of amides is 2. The highest BCUT2D eigenvalue weighted by molar-refractivity contribution is 6.33. The summed E-state index contributed by atoms with van der Waals surface area (Å²) in [5.74, 6) is 1.55. The first-order chi connectivity index (χ1) is 17.4. The highest BCUT2D eigenvalue weighted by atomic mass is 35.5. The lowest BCUT2D eigenvalue weighted by molar-refractivity contribution is -0.141. The number of hydrogen-bond donors (Lipinski definition) is 0. The summed E-state index contributed by atoms with van der Waals surface area (Å²) in [4.78, 5) is 31.6. The number of carbonyl (C=O) groups excluding carboxylic acids is 2. The summed E-state index contributed by atoms with van der Waals surface area (Å²) in [6.45, 7) is 6.93. The Morgan fingerprint density at radius 2 is 1.86 bits per heavy atom. The molecule has 1 aliphatic heterocycles. The van der Waals surface area contributed by atoms with E-state index >= 15 is 0 Å². The average Bonchev–Trinajstić information content (AvgIpc) is 3.25. The first kappa shape index (κ1) is 25.7. The van der Waals surface area contributed by atoms with Crippen molar-refractivity contribution in [3.8, 4) is 11.3 Å². The molecule has 36 heavy (non-hydrogen) atoms. The Kier molecular flexibility index (Phi) is 8.59. The van der Waals surface area contributed by atoms with E-state index in [0.29, 0.717) is 36.8 Å². The standard InChI is InChI=1S/C27H32ClN5O3/c1-20(2)17-26(34)33(18-21-7-5-16-36-21)19-27(35)32-13-6-12-31(14-15-32)25-11-10-24(29-30-25)22-8-3-4-9-23(22)28/h3-5,7-11,16,20H,6,12-15,17-19H2,1-2H3. The molecule has 0 unspecified atom stereocenters. The van der Waals surface area contributed by atoms with Crippen molar-refractivity contribution in [1.82, 2.24) is 20.0 Å². The van der Waals surface area contributed by atoms with E-state index in [1.165, 1.54) is 0 Å². The summed E-state index contributed by atoms with van der Waals surface area (Å²) in [6.07, 6.45) is 2.78. The zero-order valence-corrected chi connectivity index (χ0v) is 21.5. The molecule has 2 aromatic heterocycles. The van der Waals surface area contributed by atoms with Gasteiger partial charge in [-0.25, -0.2) is 0 Å². The average molecular weight is 510 g/mol. The van der Waals surface area contributed by atoms with E-state index in [4.69, 9.17) is 16.0 Å². The summed E-state index contributed by atoms with van der Waals surface area (Å²) in [6, 6.07) is 15.0. The first-order valence-corrected chi connectivity index (χ1v) is 12.7. The Balaban J connectivity index is 1.37. The molecule has 0 atom stereocenters. The van der Waals surface area contributed by atoms with Gasteiger partial charge >= 0.3 is 0 Å². The molecule has 0 N–H and O–H groups in total. The van der Waals surface area contributed by atoms with Gasteiger partial charge in [-0.2, -0.15) is 0 Å². The highest BCUT2D eigenvalue weighted by Gasteiger charge is 2.25. The van der Waals surface area contributed by atoms with Crippen LogP contribution in [0.1, 0.15) is 32.4 Å². The van der Waals surface area contributed by atoms with E-state index < -0.39 is 0 Å². The molecule has 3 aromatic rings. The number of hydrogen-bond acceptors (Lipinski definition) is 6. The molecule has 0 saturated carbocycles. The maximum absolute atomic E-state index is 13.2. The van der Waals surface area contributed by atoms with Crippen LogP contribution in [0.2, 0.25) is 5.02 Å². The quantitative estimate of drug-likeness (QED) is 0.444. The van der Waals surface area contributed by atoms with Crippen molar-refractivity contribution in [1.29, 1.82) is 0 Å². The molecule has 1 saturated heterocycles. The molecule has 0 radical (unpaired) electrons. The minimum atomic E-state index is -0.0549. The van der Waals surface area contributed by atoms with Crippen LogP contribution < -0.4 is 4.90 Å². The van der Waals surface area contributed by atoms with Gasteiger partial charge in [0, 0.05) is 38.2 Å². The SMILES string of the molecule is CC(C)CC(=O)N(CC(=O)N1CCCN(c2ccc(-c3ccccc3Cl)nn2)CC1)Cc1ccco1. The van der Waals surface area contributed by atoms with Gasteiger partial charge in [0.1, 0.15) is 12.3 Å². The van der Waals surface area contributed by atoms with Crippen LogP contribution in [0.5, 0.6) is 0 Å². The van der Waals surface area contributed by atoms with Crippen LogP contribution in [-0.2, 0) is 16.1 Å². The van der Waals surface area contributed by atoms with Crippen LogP contribution in [0.15, 0.2) is 59.2 Å². The number of nitrogens with zero attached hydrogens (tertiary/aromatic N) is 5. The summed E-state index contributed by atoms with van der Waals surface area (Å²) in [7, 11) is 0. The maximum Gasteiger partial charge on any atom is 0.242 e. The Morgan fingerprint density at radius 1 is 1.03 bits per heavy atom. The van der Waals surface area contributed by atoms with Gasteiger partial charge in [0.15, 0.2) is 5.82 Å². The lowest BCUT2D eigenvalue weighted by atomic mass is 10.1. The van der Waals surface area contributed by atoms with E-state index in [0.717, 1.165) is 30.0 Å². The van der Waals surface area contributed by atoms with Crippen LogP contribution in [-0.4, -0.2) is 64.5 Å². The van der Waals surface area contributed by atoms with E-state index in [2.05, 4.69) is 15.1 Å². The number of rotatable bonds is 8. The molecule has 0 spiro atoms. The van der Waals surface area contributed by atoms with E-state index in [9.17, 15) is 9.59 Å². The molecule has 190 valence electrons. The Hall–Kier alpha value is -3.39. The highest BCUT2D eigenvalue weighted by Crippen LogP contribution is 2.26. The fourth-order valence-corrected chi connectivity index (χ4v) is 4.50. The van der Waals surface area contributed by atoms with Crippen LogP contribution in [0.3, 0.4) is 0 Å². The second-order valence-corrected chi connectivity index (χ2v) is 9.81. The Morgan fingerprint density at radius 3 is 2.56 bits per heavy atom. The van der Waals surface area contributed by atoms with Crippen molar-refractivity contribution in [2.45, 2.75) is 33.2 Å². The topological polar surface area (TPSA) is 82.8 Å². The van der Waals surface area contributed by atoms with Crippen LogP contribution in [0, 0.1) is 5.92 Å². The summed E-state index contributed by atoms with van der Waals surface area (Å²) in [5.41, 5.74) is 1.57. The smallest absolute Gasteiger partial charge is 0.242 e. The van der Waals surface area contributed by atoms with Crippen LogP contribution in [0.25, 0.3) is 11.3 Å². The summed E-state index contributed by atoms with van der Waals surface area (Å²) < 4.78 is 5.43. The lowest BCUT2D eigenvalue weighted by Crippen LogP contribution is -2.44. The third-order valence-corrected chi connectivity index (χ3v) is 6.49. The molecule has 0 bridgehead atoms. The molecule has 2 amide bonds. The van der Waals surface area contributed by atoms with Gasteiger partial charge in [0.2, 0.25) is 11.8 Å². The fraction of sp³-hybridized carbons (Fsp3) is 0.407. The van der Waals surface area contributed by atoms with Gasteiger partial charge in [-0.15, -0.1) is 10.2 Å². The van der Waals surface area contributed by atoms with Crippen molar-refractivity contribution in [2.24, 2.45) is 5.92 Å². The van der Waals surface area contributed by atoms with Gasteiger partial charge in [-0.05, 0) is 42.7 Å². The molecule has 9 heteroatoms. The van der Waals surface area contributed by atoms with Gasteiger partial charge in [-0.3, -0.25) is 9.59 Å². The lowest BCUT2D eigenvalue weighted by Gasteiger charge is -2.27. The van der Waals surface area contributed by atoms with Crippen molar-refractivity contribution >= 4 is 29.2 Å². The second kappa shape index (κ2) is 12.0. The number of anilines is 1. The fourth-order valence-electron chi connectivity index (χ4n) is 4.27. The predicted molar refractivity (Wildman–Crippen MR) is 139 cm³/mol. The van der Waals surface area contributed by atoms with Crippen LogP contribution in [0.4, 0.5) is 5.82 Å². The summed E-state index contributed by atoms with van der Waals surface area (Å²) in [5, 5.41) is 9.44. The normalized spacial score (nSPS) is 14.1. The molecular weight excluding hydrogens is 478 g/mol. The largest absolute Gasteiger partial charge is 0.467 e. The molecule has 1 aromatic carbocycles.